The van der Waals surface area contributed by atoms with Gasteiger partial charge in [0.05, 0.1) is 0 Å². The second-order valence-electron chi connectivity index (χ2n) is 3.95. The summed E-state index contributed by atoms with van der Waals surface area (Å²) in [5.41, 5.74) is 0.0597. The highest BCUT2D eigenvalue weighted by Gasteiger charge is 2.15. The fourth-order valence-electron chi connectivity index (χ4n) is 1.61. The molecule has 0 aliphatic carbocycles. The lowest BCUT2D eigenvalue weighted by Gasteiger charge is -2.15. The zero-order valence-electron chi connectivity index (χ0n) is 9.69. The molecule has 1 rings (SSSR count). The summed E-state index contributed by atoms with van der Waals surface area (Å²) in [7, 11) is 1.63. The van der Waals surface area contributed by atoms with Gasteiger partial charge in [-0.25, -0.2) is 13.2 Å². The van der Waals surface area contributed by atoms with Gasteiger partial charge in [-0.1, -0.05) is 0 Å². The number of carbonyl (C=O) groups is 1. The highest BCUT2D eigenvalue weighted by molar-refractivity contribution is 5.76. The van der Waals surface area contributed by atoms with Crippen LogP contribution in [0.5, 0.6) is 0 Å². The van der Waals surface area contributed by atoms with Crippen LogP contribution in [0.15, 0.2) is 12.1 Å². The number of rotatable bonds is 5. The van der Waals surface area contributed by atoms with E-state index in [0.717, 1.165) is 6.07 Å². The number of Topliss-reactive ketones (excluding diaryl/α,β-unsaturated/α-hetero) is 1. The molecule has 0 saturated heterocycles. The van der Waals surface area contributed by atoms with E-state index in [1.165, 1.54) is 6.92 Å². The van der Waals surface area contributed by atoms with Crippen LogP contribution in [0.1, 0.15) is 18.9 Å². The Bertz CT molecular complexity index is 420. The molecule has 17 heavy (non-hydrogen) atoms. The predicted octanol–water partition coefficient (Wildman–Crippen LogP) is 2.21. The van der Waals surface area contributed by atoms with Gasteiger partial charge in [-0.15, -0.1) is 0 Å². The van der Waals surface area contributed by atoms with Crippen LogP contribution in [-0.4, -0.2) is 18.9 Å². The molecule has 0 radical (unpaired) electrons. The Morgan fingerprint density at radius 3 is 2.35 bits per heavy atom. The molecule has 0 spiro atoms. The van der Waals surface area contributed by atoms with Crippen LogP contribution in [0.2, 0.25) is 0 Å². The Kier molecular flexibility index (Phi) is 4.69. The molecule has 94 valence electrons. The molecule has 1 aromatic carbocycles. The van der Waals surface area contributed by atoms with Gasteiger partial charge in [-0.05, 0) is 32.0 Å². The van der Waals surface area contributed by atoms with Crippen LogP contribution in [0.3, 0.4) is 0 Å². The van der Waals surface area contributed by atoms with Crippen molar-refractivity contribution in [2.45, 2.75) is 25.8 Å². The van der Waals surface area contributed by atoms with Crippen molar-refractivity contribution in [1.29, 1.82) is 0 Å². The van der Waals surface area contributed by atoms with Gasteiger partial charge < -0.3 is 5.32 Å². The fraction of sp³-hybridized carbons (Fsp3) is 0.417. The van der Waals surface area contributed by atoms with Gasteiger partial charge in [0.1, 0.15) is 11.6 Å². The smallest absolute Gasteiger partial charge is 0.161 e. The second kappa shape index (κ2) is 5.82. The molecule has 0 saturated carbocycles. The molecule has 1 atom stereocenters. The molecule has 0 heterocycles. The summed E-state index contributed by atoms with van der Waals surface area (Å²) in [6, 6.07) is 1.06. The summed E-state index contributed by atoms with van der Waals surface area (Å²) < 4.78 is 39.0. The average molecular weight is 245 g/mol. The molecule has 0 fully saturated rings. The SMILES string of the molecule is CN[C@@H](CC(C)=O)Cc1cc(F)c(F)cc1F. The van der Waals surface area contributed by atoms with Crippen molar-refractivity contribution in [3.05, 3.63) is 35.1 Å². The maximum Gasteiger partial charge on any atom is 0.161 e. The zero-order valence-corrected chi connectivity index (χ0v) is 9.69. The molecule has 0 aromatic heterocycles. The number of hydrogen-bond donors (Lipinski definition) is 1. The van der Waals surface area contributed by atoms with Crippen LogP contribution in [0, 0.1) is 17.5 Å². The first kappa shape index (κ1) is 13.7. The number of benzene rings is 1. The number of halogens is 3. The Morgan fingerprint density at radius 1 is 1.24 bits per heavy atom. The minimum atomic E-state index is -1.21. The average Bonchev–Trinajstić information content (AvgIpc) is 2.24. The van der Waals surface area contributed by atoms with E-state index < -0.39 is 17.5 Å². The van der Waals surface area contributed by atoms with Crippen molar-refractivity contribution in [3.63, 3.8) is 0 Å². The summed E-state index contributed by atoms with van der Waals surface area (Å²) in [6.45, 7) is 1.42. The molecule has 2 nitrogen and oxygen atoms in total. The highest BCUT2D eigenvalue weighted by Crippen LogP contribution is 2.16. The molecule has 0 unspecified atom stereocenters. The lowest BCUT2D eigenvalue weighted by Crippen LogP contribution is -2.30. The lowest BCUT2D eigenvalue weighted by atomic mass is 10.0. The Balaban J connectivity index is 2.86. The summed E-state index contributed by atoms with van der Waals surface area (Å²) >= 11 is 0. The van der Waals surface area contributed by atoms with Crippen LogP contribution in [-0.2, 0) is 11.2 Å². The molecule has 0 aliphatic heterocycles. The summed E-state index contributed by atoms with van der Waals surface area (Å²) in [4.78, 5) is 10.9. The quantitative estimate of drug-likeness (QED) is 0.806. The first-order valence-electron chi connectivity index (χ1n) is 5.24. The summed E-state index contributed by atoms with van der Waals surface area (Å²) in [6.07, 6.45) is 0.355. The monoisotopic (exact) mass is 245 g/mol. The predicted molar refractivity (Wildman–Crippen MR) is 58.2 cm³/mol. The van der Waals surface area contributed by atoms with Crippen LogP contribution in [0.4, 0.5) is 13.2 Å². The second-order valence-corrected chi connectivity index (χ2v) is 3.95. The summed E-state index contributed by atoms with van der Waals surface area (Å²) in [5, 5.41) is 2.84. The maximum atomic E-state index is 13.3. The molecule has 0 bridgehead atoms. The van der Waals surface area contributed by atoms with Crippen molar-refractivity contribution < 1.29 is 18.0 Å². The van der Waals surface area contributed by atoms with Crippen LogP contribution in [0.25, 0.3) is 0 Å². The highest BCUT2D eigenvalue weighted by atomic mass is 19.2. The molecule has 0 amide bonds. The Morgan fingerprint density at radius 2 is 1.82 bits per heavy atom. The maximum absolute atomic E-state index is 13.3. The number of nitrogens with one attached hydrogen (secondary N) is 1. The van der Waals surface area contributed by atoms with Gasteiger partial charge in [-0.2, -0.15) is 0 Å². The fourth-order valence-corrected chi connectivity index (χ4v) is 1.61. The summed E-state index contributed by atoms with van der Waals surface area (Å²) in [5.74, 6) is -3.14. The minimum absolute atomic E-state index is 0.0488. The van der Waals surface area contributed by atoms with E-state index >= 15 is 0 Å². The van der Waals surface area contributed by atoms with Crippen molar-refractivity contribution in [3.8, 4) is 0 Å². The van der Waals surface area contributed by atoms with E-state index in [2.05, 4.69) is 5.32 Å². The third kappa shape index (κ3) is 3.85. The van der Waals surface area contributed by atoms with Crippen molar-refractivity contribution in [2.24, 2.45) is 0 Å². The number of ketones is 1. The van der Waals surface area contributed by atoms with E-state index in [-0.39, 0.29) is 30.2 Å². The van der Waals surface area contributed by atoms with Crippen molar-refractivity contribution in [1.82, 2.24) is 5.32 Å². The minimum Gasteiger partial charge on any atom is -0.316 e. The van der Waals surface area contributed by atoms with Gasteiger partial charge in [0.15, 0.2) is 11.6 Å². The standard InChI is InChI=1S/C12H14F3NO/c1-7(17)3-9(16-2)4-8-5-11(14)12(15)6-10(8)13/h5-6,9,16H,3-4H2,1-2H3/t9-/m0/s1. The van der Waals surface area contributed by atoms with E-state index in [1.807, 2.05) is 0 Å². The number of likely N-dealkylation sites (N-methyl/N-ethyl adjacent to an activating group) is 1. The van der Waals surface area contributed by atoms with Crippen LogP contribution < -0.4 is 5.32 Å². The van der Waals surface area contributed by atoms with Gasteiger partial charge in [0, 0.05) is 18.5 Å². The van der Waals surface area contributed by atoms with Crippen molar-refractivity contribution >= 4 is 5.78 Å². The van der Waals surface area contributed by atoms with Gasteiger partial charge in [0.2, 0.25) is 0 Å². The molecule has 0 aliphatic rings. The first-order chi connectivity index (χ1) is 7.93. The van der Waals surface area contributed by atoms with E-state index in [1.54, 1.807) is 7.05 Å². The van der Waals surface area contributed by atoms with Gasteiger partial charge in [0.25, 0.3) is 0 Å². The normalized spacial score (nSPS) is 12.5. The van der Waals surface area contributed by atoms with E-state index in [4.69, 9.17) is 0 Å². The molecule has 5 heteroatoms. The van der Waals surface area contributed by atoms with Crippen molar-refractivity contribution in [2.75, 3.05) is 7.05 Å². The van der Waals surface area contributed by atoms with Gasteiger partial charge in [-0.3, -0.25) is 4.79 Å². The molecule has 1 aromatic rings. The van der Waals surface area contributed by atoms with Crippen LogP contribution >= 0.6 is 0 Å². The molecular weight excluding hydrogens is 231 g/mol. The largest absolute Gasteiger partial charge is 0.316 e. The first-order valence-corrected chi connectivity index (χ1v) is 5.24. The zero-order chi connectivity index (χ0) is 13.0. The van der Waals surface area contributed by atoms with E-state index in [9.17, 15) is 18.0 Å². The third-order valence-corrected chi connectivity index (χ3v) is 2.50. The topological polar surface area (TPSA) is 29.1 Å². The van der Waals surface area contributed by atoms with E-state index in [0.29, 0.717) is 6.07 Å². The Hall–Kier alpha value is -1.36. The number of carbonyl (C=O) groups excluding carboxylic acids is 1. The third-order valence-electron chi connectivity index (χ3n) is 2.50. The molecular formula is C12H14F3NO. The number of hydrogen-bond acceptors (Lipinski definition) is 2. The van der Waals surface area contributed by atoms with Gasteiger partial charge >= 0.3 is 0 Å². The molecule has 1 N–H and O–H groups in total. The lowest BCUT2D eigenvalue weighted by molar-refractivity contribution is -0.117. The Labute approximate surface area is 97.8 Å².